The summed E-state index contributed by atoms with van der Waals surface area (Å²) in [6.07, 6.45) is 0. The standard InChI is InChI=1S/C15H13BrN2OS/c1-8-13(9(2)19)14(12(7-17)15(20)18-8)10-3-5-11(16)6-4-10/h3-6,12,14H,1-2H3,(H,18,20)/t12-,14+/m1/s1. The Morgan fingerprint density at radius 2 is 2.00 bits per heavy atom. The Hall–Kier alpha value is -1.51. The summed E-state index contributed by atoms with van der Waals surface area (Å²) in [5.41, 5.74) is 2.29. The minimum absolute atomic E-state index is 0.0364. The summed E-state index contributed by atoms with van der Waals surface area (Å²) in [6.45, 7) is 3.34. The van der Waals surface area contributed by atoms with E-state index in [4.69, 9.17) is 12.2 Å². The SMILES string of the molecule is CC(=O)C1=C(C)NC(=S)[C@H](C#N)[C@@H]1c1ccc(Br)cc1. The Kier molecular flexibility index (Phi) is 4.36. The van der Waals surface area contributed by atoms with E-state index >= 15 is 0 Å². The first-order valence-corrected chi connectivity index (χ1v) is 7.33. The molecule has 20 heavy (non-hydrogen) atoms. The summed E-state index contributed by atoms with van der Waals surface area (Å²) in [5.74, 6) is -0.862. The smallest absolute Gasteiger partial charge is 0.158 e. The van der Waals surface area contributed by atoms with E-state index in [9.17, 15) is 10.1 Å². The van der Waals surface area contributed by atoms with Crippen molar-refractivity contribution in [2.24, 2.45) is 5.92 Å². The summed E-state index contributed by atoms with van der Waals surface area (Å²) in [7, 11) is 0. The van der Waals surface area contributed by atoms with Crippen molar-refractivity contribution in [1.82, 2.24) is 5.32 Å². The topological polar surface area (TPSA) is 52.9 Å². The lowest BCUT2D eigenvalue weighted by Gasteiger charge is -2.32. The molecule has 0 aliphatic carbocycles. The van der Waals surface area contributed by atoms with Gasteiger partial charge in [-0.05, 0) is 31.5 Å². The van der Waals surface area contributed by atoms with Crippen molar-refractivity contribution in [2.75, 3.05) is 0 Å². The number of hydrogen-bond donors (Lipinski definition) is 1. The van der Waals surface area contributed by atoms with E-state index in [0.29, 0.717) is 10.6 Å². The average Bonchev–Trinajstić information content (AvgIpc) is 2.38. The van der Waals surface area contributed by atoms with Crippen LogP contribution in [0.2, 0.25) is 0 Å². The molecule has 0 spiro atoms. The van der Waals surface area contributed by atoms with Crippen LogP contribution in [-0.2, 0) is 4.79 Å². The van der Waals surface area contributed by atoms with E-state index in [2.05, 4.69) is 27.3 Å². The van der Waals surface area contributed by atoms with E-state index in [1.165, 1.54) is 6.92 Å². The third kappa shape index (κ3) is 2.67. The number of allylic oxidation sites excluding steroid dienone is 2. The predicted molar refractivity (Wildman–Crippen MR) is 85.1 cm³/mol. The van der Waals surface area contributed by atoms with E-state index in [1.54, 1.807) is 0 Å². The molecule has 1 aliphatic rings. The Balaban J connectivity index is 2.61. The second-order valence-corrected chi connectivity index (χ2v) is 6.08. The zero-order valence-electron chi connectivity index (χ0n) is 11.1. The van der Waals surface area contributed by atoms with Crippen molar-refractivity contribution < 1.29 is 4.79 Å². The fourth-order valence-corrected chi connectivity index (χ4v) is 3.13. The molecule has 2 atom stereocenters. The molecular weight excluding hydrogens is 336 g/mol. The number of nitriles is 1. The molecule has 0 fully saturated rings. The highest BCUT2D eigenvalue weighted by molar-refractivity contribution is 9.10. The van der Waals surface area contributed by atoms with E-state index in [0.717, 1.165) is 15.7 Å². The molecule has 0 aromatic heterocycles. The lowest BCUT2D eigenvalue weighted by Crippen LogP contribution is -2.39. The Morgan fingerprint density at radius 3 is 2.50 bits per heavy atom. The largest absolute Gasteiger partial charge is 0.352 e. The van der Waals surface area contributed by atoms with Gasteiger partial charge in [0.2, 0.25) is 0 Å². The minimum atomic E-state index is -0.520. The maximum absolute atomic E-state index is 12.0. The minimum Gasteiger partial charge on any atom is -0.352 e. The van der Waals surface area contributed by atoms with Crippen molar-refractivity contribution in [3.8, 4) is 6.07 Å². The van der Waals surface area contributed by atoms with Gasteiger partial charge < -0.3 is 5.32 Å². The van der Waals surface area contributed by atoms with Gasteiger partial charge >= 0.3 is 0 Å². The van der Waals surface area contributed by atoms with Gasteiger partial charge in [-0.15, -0.1) is 0 Å². The Labute approximate surface area is 131 Å². The number of carbonyl (C=O) groups excluding carboxylic acids is 1. The molecule has 0 unspecified atom stereocenters. The summed E-state index contributed by atoms with van der Waals surface area (Å²) in [4.78, 5) is 12.4. The highest BCUT2D eigenvalue weighted by Gasteiger charge is 2.37. The summed E-state index contributed by atoms with van der Waals surface area (Å²) in [6, 6.07) is 9.87. The van der Waals surface area contributed by atoms with Crippen LogP contribution in [-0.4, -0.2) is 10.8 Å². The number of nitrogens with zero attached hydrogens (tertiary/aromatic N) is 1. The third-order valence-electron chi connectivity index (χ3n) is 3.39. The van der Waals surface area contributed by atoms with Crippen LogP contribution in [0, 0.1) is 17.2 Å². The van der Waals surface area contributed by atoms with Crippen molar-refractivity contribution >= 4 is 38.9 Å². The van der Waals surface area contributed by atoms with Crippen LogP contribution in [0.15, 0.2) is 40.0 Å². The zero-order chi connectivity index (χ0) is 14.9. The third-order valence-corrected chi connectivity index (χ3v) is 4.27. The van der Waals surface area contributed by atoms with Gasteiger partial charge in [0, 0.05) is 21.7 Å². The number of rotatable bonds is 2. The molecule has 0 bridgehead atoms. The van der Waals surface area contributed by atoms with E-state index in [1.807, 2.05) is 31.2 Å². The molecule has 1 heterocycles. The van der Waals surface area contributed by atoms with Crippen molar-refractivity contribution in [3.63, 3.8) is 0 Å². The first-order chi connectivity index (χ1) is 9.45. The van der Waals surface area contributed by atoms with Gasteiger partial charge in [-0.3, -0.25) is 4.79 Å². The van der Waals surface area contributed by atoms with Crippen molar-refractivity contribution in [1.29, 1.82) is 5.26 Å². The summed E-state index contributed by atoms with van der Waals surface area (Å²) >= 11 is 8.64. The van der Waals surface area contributed by atoms with Gasteiger partial charge in [0.1, 0.15) is 5.92 Å². The number of halogens is 1. The van der Waals surface area contributed by atoms with Gasteiger partial charge in [-0.2, -0.15) is 5.26 Å². The van der Waals surface area contributed by atoms with Gasteiger partial charge in [0.15, 0.2) is 5.78 Å². The normalized spacial score (nSPS) is 22.2. The highest BCUT2D eigenvalue weighted by Crippen LogP contribution is 2.37. The molecular formula is C15H13BrN2OS. The summed E-state index contributed by atoms with van der Waals surface area (Å²) < 4.78 is 0.955. The average molecular weight is 349 g/mol. The molecule has 3 nitrogen and oxygen atoms in total. The fraction of sp³-hybridized carbons (Fsp3) is 0.267. The molecule has 0 saturated heterocycles. The second-order valence-electron chi connectivity index (χ2n) is 4.72. The predicted octanol–water partition coefficient (Wildman–Crippen LogP) is 3.47. The number of hydrogen-bond acceptors (Lipinski definition) is 3. The van der Waals surface area contributed by atoms with Crippen LogP contribution in [0.3, 0.4) is 0 Å². The monoisotopic (exact) mass is 348 g/mol. The molecule has 102 valence electrons. The fourth-order valence-electron chi connectivity index (χ4n) is 2.53. The Morgan fingerprint density at radius 1 is 1.40 bits per heavy atom. The van der Waals surface area contributed by atoms with Gasteiger partial charge in [-0.1, -0.05) is 40.3 Å². The molecule has 5 heteroatoms. The quantitative estimate of drug-likeness (QED) is 0.831. The molecule has 1 aromatic carbocycles. The number of thiocarbonyl (C=S) groups is 1. The van der Waals surface area contributed by atoms with E-state index < -0.39 is 5.92 Å². The van der Waals surface area contributed by atoms with Crippen LogP contribution in [0.4, 0.5) is 0 Å². The van der Waals surface area contributed by atoms with Crippen LogP contribution in [0.1, 0.15) is 25.3 Å². The van der Waals surface area contributed by atoms with Gasteiger partial charge in [0.05, 0.1) is 11.1 Å². The highest BCUT2D eigenvalue weighted by atomic mass is 79.9. The van der Waals surface area contributed by atoms with Crippen LogP contribution in [0.25, 0.3) is 0 Å². The maximum atomic E-state index is 12.0. The van der Waals surface area contributed by atoms with Crippen molar-refractivity contribution in [2.45, 2.75) is 19.8 Å². The van der Waals surface area contributed by atoms with Crippen LogP contribution < -0.4 is 5.32 Å². The molecule has 1 N–H and O–H groups in total. The zero-order valence-corrected chi connectivity index (χ0v) is 13.5. The molecule has 1 aromatic rings. The molecule has 0 amide bonds. The number of benzene rings is 1. The van der Waals surface area contributed by atoms with Crippen LogP contribution in [0.5, 0.6) is 0 Å². The lowest BCUT2D eigenvalue weighted by molar-refractivity contribution is -0.114. The van der Waals surface area contributed by atoms with Gasteiger partial charge in [0.25, 0.3) is 0 Å². The first kappa shape index (κ1) is 14.9. The van der Waals surface area contributed by atoms with Gasteiger partial charge in [-0.25, -0.2) is 0 Å². The molecule has 0 saturated carbocycles. The molecule has 1 aliphatic heterocycles. The number of ketones is 1. The Bertz CT molecular complexity index is 643. The maximum Gasteiger partial charge on any atom is 0.158 e. The lowest BCUT2D eigenvalue weighted by atomic mass is 9.76. The van der Waals surface area contributed by atoms with Crippen LogP contribution >= 0.6 is 28.1 Å². The first-order valence-electron chi connectivity index (χ1n) is 6.13. The number of carbonyl (C=O) groups is 1. The molecule has 0 radical (unpaired) electrons. The summed E-state index contributed by atoms with van der Waals surface area (Å²) in [5, 5.41) is 12.4. The number of Topliss-reactive ketones (excluding diaryl/α,β-unsaturated/α-hetero) is 1. The van der Waals surface area contributed by atoms with E-state index in [-0.39, 0.29) is 11.7 Å². The second kappa shape index (κ2) is 5.86. The molecule has 2 rings (SSSR count). The van der Waals surface area contributed by atoms with Crippen molar-refractivity contribution in [3.05, 3.63) is 45.6 Å². The number of nitrogens with one attached hydrogen (secondary N) is 1.